The first-order valence-corrected chi connectivity index (χ1v) is 8.76. The Morgan fingerprint density at radius 2 is 1.78 bits per heavy atom. The van der Waals surface area contributed by atoms with Crippen LogP contribution in [-0.2, 0) is 0 Å². The highest BCUT2D eigenvalue weighted by Crippen LogP contribution is 2.38. The second-order valence-corrected chi connectivity index (χ2v) is 6.52. The highest BCUT2D eigenvalue weighted by atomic mass is 16.5. The van der Waals surface area contributed by atoms with Crippen molar-refractivity contribution in [2.24, 2.45) is 5.92 Å². The van der Waals surface area contributed by atoms with Crippen LogP contribution in [0.5, 0.6) is 5.75 Å². The quantitative estimate of drug-likeness (QED) is 0.908. The van der Waals surface area contributed by atoms with Crippen LogP contribution in [0.2, 0.25) is 0 Å². The summed E-state index contributed by atoms with van der Waals surface area (Å²) >= 11 is 0. The van der Waals surface area contributed by atoms with Gasteiger partial charge < -0.3 is 10.1 Å². The lowest BCUT2D eigenvalue weighted by molar-refractivity contribution is 0.129. The summed E-state index contributed by atoms with van der Waals surface area (Å²) in [7, 11) is 1.75. The van der Waals surface area contributed by atoms with Crippen molar-refractivity contribution < 1.29 is 4.74 Å². The smallest absolute Gasteiger partial charge is 0.126 e. The van der Waals surface area contributed by atoms with E-state index >= 15 is 0 Å². The summed E-state index contributed by atoms with van der Waals surface area (Å²) in [6.07, 6.45) is 1.19. The molecule has 0 saturated carbocycles. The predicted molar refractivity (Wildman–Crippen MR) is 97.1 cm³/mol. The van der Waals surface area contributed by atoms with Gasteiger partial charge in [0.05, 0.1) is 7.11 Å². The first-order valence-electron chi connectivity index (χ1n) is 8.76. The number of benzene rings is 2. The molecule has 1 aliphatic rings. The maximum Gasteiger partial charge on any atom is 0.126 e. The summed E-state index contributed by atoms with van der Waals surface area (Å²) in [5.41, 5.74) is 1.44. The summed E-state index contributed by atoms with van der Waals surface area (Å²) in [5, 5.41) is 6.02. The van der Waals surface area contributed by atoms with E-state index in [-0.39, 0.29) is 0 Å². The SMILES string of the molecule is CCC(C)[C@@H](c1ccc(OC)c2ccccc12)N1CCNCC1. The molecule has 1 heterocycles. The summed E-state index contributed by atoms with van der Waals surface area (Å²) in [4.78, 5) is 2.65. The molecule has 2 aromatic carbocycles. The molecular weight excluding hydrogens is 284 g/mol. The van der Waals surface area contributed by atoms with E-state index < -0.39 is 0 Å². The molecule has 3 rings (SSSR count). The average molecular weight is 312 g/mol. The number of hydrogen-bond donors (Lipinski definition) is 1. The van der Waals surface area contributed by atoms with Gasteiger partial charge in [0.25, 0.3) is 0 Å². The molecule has 3 nitrogen and oxygen atoms in total. The number of nitrogens with zero attached hydrogens (tertiary/aromatic N) is 1. The maximum atomic E-state index is 5.57. The number of rotatable bonds is 5. The van der Waals surface area contributed by atoms with E-state index in [0.29, 0.717) is 12.0 Å². The molecule has 1 unspecified atom stereocenters. The van der Waals surface area contributed by atoms with E-state index in [1.54, 1.807) is 7.11 Å². The lowest BCUT2D eigenvalue weighted by Crippen LogP contribution is -2.46. The van der Waals surface area contributed by atoms with Crippen molar-refractivity contribution in [1.82, 2.24) is 10.2 Å². The number of piperazine rings is 1. The van der Waals surface area contributed by atoms with Gasteiger partial charge in [0.2, 0.25) is 0 Å². The third-order valence-electron chi connectivity index (χ3n) is 5.18. The van der Waals surface area contributed by atoms with Gasteiger partial charge in [0, 0.05) is 37.6 Å². The van der Waals surface area contributed by atoms with Crippen molar-refractivity contribution in [3.8, 4) is 5.75 Å². The summed E-state index contributed by atoms with van der Waals surface area (Å²) in [6, 6.07) is 13.5. The molecular formula is C20H28N2O. The van der Waals surface area contributed by atoms with Gasteiger partial charge in [0.15, 0.2) is 0 Å². The van der Waals surface area contributed by atoms with Gasteiger partial charge in [-0.15, -0.1) is 0 Å². The van der Waals surface area contributed by atoms with E-state index in [9.17, 15) is 0 Å². The third kappa shape index (κ3) is 3.22. The highest BCUT2D eigenvalue weighted by molar-refractivity contribution is 5.91. The number of hydrogen-bond acceptors (Lipinski definition) is 3. The fraction of sp³-hybridized carbons (Fsp3) is 0.500. The topological polar surface area (TPSA) is 24.5 Å². The Kier molecular flexibility index (Phi) is 5.19. The normalized spacial score (nSPS) is 18.7. The summed E-state index contributed by atoms with van der Waals surface area (Å²) < 4.78 is 5.57. The van der Waals surface area contributed by atoms with Crippen LogP contribution in [0.3, 0.4) is 0 Å². The predicted octanol–water partition coefficient (Wildman–Crippen LogP) is 3.84. The number of methoxy groups -OCH3 is 1. The lowest BCUT2D eigenvalue weighted by Gasteiger charge is -2.39. The molecule has 0 bridgehead atoms. The minimum absolute atomic E-state index is 0.470. The Bertz CT molecular complexity index is 649. The molecule has 1 fully saturated rings. The van der Waals surface area contributed by atoms with Crippen LogP contribution in [0.1, 0.15) is 31.9 Å². The molecule has 0 radical (unpaired) electrons. The van der Waals surface area contributed by atoms with Gasteiger partial charge in [-0.3, -0.25) is 4.90 Å². The van der Waals surface area contributed by atoms with Crippen LogP contribution in [0.25, 0.3) is 10.8 Å². The second kappa shape index (κ2) is 7.33. The molecule has 0 amide bonds. The molecule has 124 valence electrons. The average Bonchev–Trinajstić information content (AvgIpc) is 2.62. The monoisotopic (exact) mass is 312 g/mol. The van der Waals surface area contributed by atoms with Gasteiger partial charge in [-0.05, 0) is 22.9 Å². The van der Waals surface area contributed by atoms with Crippen molar-refractivity contribution in [3.63, 3.8) is 0 Å². The Balaban J connectivity index is 2.10. The van der Waals surface area contributed by atoms with Crippen LogP contribution in [0.15, 0.2) is 36.4 Å². The molecule has 0 aromatic heterocycles. The molecule has 1 saturated heterocycles. The molecule has 0 spiro atoms. The molecule has 1 aliphatic heterocycles. The van der Waals surface area contributed by atoms with E-state index in [2.05, 4.69) is 60.5 Å². The Labute approximate surface area is 139 Å². The molecule has 23 heavy (non-hydrogen) atoms. The molecule has 3 heteroatoms. The van der Waals surface area contributed by atoms with Crippen LogP contribution in [0.4, 0.5) is 0 Å². The summed E-state index contributed by atoms with van der Waals surface area (Å²) in [6.45, 7) is 9.09. The van der Waals surface area contributed by atoms with Crippen LogP contribution >= 0.6 is 0 Å². The van der Waals surface area contributed by atoms with Gasteiger partial charge in [-0.25, -0.2) is 0 Å². The van der Waals surface area contributed by atoms with E-state index in [1.165, 1.54) is 22.8 Å². The van der Waals surface area contributed by atoms with Crippen LogP contribution < -0.4 is 10.1 Å². The Morgan fingerprint density at radius 1 is 1.09 bits per heavy atom. The standard InChI is InChI=1S/C20H28N2O/c1-4-15(2)20(22-13-11-21-12-14-22)18-9-10-19(23-3)17-8-6-5-7-16(17)18/h5-10,15,20-21H,4,11-14H2,1-3H3/t15?,20-/m0/s1. The second-order valence-electron chi connectivity index (χ2n) is 6.52. The zero-order valence-electron chi connectivity index (χ0n) is 14.5. The first-order chi connectivity index (χ1) is 11.3. The van der Waals surface area contributed by atoms with Crippen LogP contribution in [0, 0.1) is 5.92 Å². The fourth-order valence-electron chi connectivity index (χ4n) is 3.78. The van der Waals surface area contributed by atoms with Gasteiger partial charge in [0.1, 0.15) is 5.75 Å². The molecule has 1 N–H and O–H groups in total. The van der Waals surface area contributed by atoms with Gasteiger partial charge >= 0.3 is 0 Å². The van der Waals surface area contributed by atoms with Crippen molar-refractivity contribution in [2.75, 3.05) is 33.3 Å². The minimum atomic E-state index is 0.470. The lowest BCUT2D eigenvalue weighted by atomic mass is 9.87. The fourth-order valence-corrected chi connectivity index (χ4v) is 3.78. The molecule has 0 aliphatic carbocycles. The maximum absolute atomic E-state index is 5.57. The molecule has 2 aromatic rings. The van der Waals surface area contributed by atoms with Crippen molar-refractivity contribution in [2.45, 2.75) is 26.3 Å². The largest absolute Gasteiger partial charge is 0.496 e. The molecule has 2 atom stereocenters. The third-order valence-corrected chi connectivity index (χ3v) is 5.18. The summed E-state index contributed by atoms with van der Waals surface area (Å²) in [5.74, 6) is 1.59. The van der Waals surface area contributed by atoms with E-state index in [0.717, 1.165) is 31.9 Å². The zero-order valence-corrected chi connectivity index (χ0v) is 14.5. The minimum Gasteiger partial charge on any atom is -0.496 e. The van der Waals surface area contributed by atoms with Gasteiger partial charge in [-0.2, -0.15) is 0 Å². The van der Waals surface area contributed by atoms with Crippen LogP contribution in [-0.4, -0.2) is 38.2 Å². The number of fused-ring (bicyclic) bond motifs is 1. The van der Waals surface area contributed by atoms with Crippen molar-refractivity contribution in [3.05, 3.63) is 42.0 Å². The van der Waals surface area contributed by atoms with E-state index in [4.69, 9.17) is 4.74 Å². The number of nitrogens with one attached hydrogen (secondary N) is 1. The zero-order chi connectivity index (χ0) is 16.2. The highest BCUT2D eigenvalue weighted by Gasteiger charge is 2.28. The first kappa shape index (κ1) is 16.3. The number of ether oxygens (including phenoxy) is 1. The van der Waals surface area contributed by atoms with E-state index in [1.807, 2.05) is 0 Å². The Hall–Kier alpha value is -1.58. The Morgan fingerprint density at radius 3 is 2.43 bits per heavy atom. The van der Waals surface area contributed by atoms with Crippen molar-refractivity contribution >= 4 is 10.8 Å². The van der Waals surface area contributed by atoms with Gasteiger partial charge in [-0.1, -0.05) is 50.6 Å². The van der Waals surface area contributed by atoms with Crippen molar-refractivity contribution in [1.29, 1.82) is 0 Å².